The molecule has 0 bridgehead atoms. The predicted molar refractivity (Wildman–Crippen MR) is 64.8 cm³/mol. The van der Waals surface area contributed by atoms with Crippen LogP contribution in [0.2, 0.25) is 0 Å². The summed E-state index contributed by atoms with van der Waals surface area (Å²) < 4.78 is 0. The van der Waals surface area contributed by atoms with Crippen molar-refractivity contribution in [3.05, 3.63) is 42.1 Å². The lowest BCUT2D eigenvalue weighted by Crippen LogP contribution is -2.32. The van der Waals surface area contributed by atoms with Crippen molar-refractivity contribution in [1.29, 1.82) is 0 Å². The Bertz CT molecular complexity index is 510. The van der Waals surface area contributed by atoms with Crippen molar-refractivity contribution >= 4 is 17.4 Å². The third-order valence-electron chi connectivity index (χ3n) is 2.85. The number of amides is 1. The van der Waals surface area contributed by atoms with Gasteiger partial charge in [-0.05, 0) is 11.6 Å². The lowest BCUT2D eigenvalue weighted by Gasteiger charge is -2.10. The molecular weight excluding hydrogens is 216 g/mol. The number of carbonyl (C=O) groups excluding carboxylic acids is 1. The van der Waals surface area contributed by atoms with E-state index < -0.39 is 0 Å². The molecule has 1 aliphatic heterocycles. The van der Waals surface area contributed by atoms with Crippen molar-refractivity contribution in [3.8, 4) is 0 Å². The Morgan fingerprint density at radius 1 is 1.35 bits per heavy atom. The number of rotatable bonds is 2. The Balaban J connectivity index is 1.70. The summed E-state index contributed by atoms with van der Waals surface area (Å²) in [6.45, 7) is 0. The van der Waals surface area contributed by atoms with Crippen LogP contribution >= 0.6 is 0 Å². The molecule has 0 spiro atoms. The van der Waals surface area contributed by atoms with Crippen LogP contribution in [0.5, 0.6) is 0 Å². The van der Waals surface area contributed by atoms with E-state index in [1.807, 2.05) is 24.3 Å². The average molecular weight is 228 g/mol. The van der Waals surface area contributed by atoms with Gasteiger partial charge in [0, 0.05) is 18.2 Å². The van der Waals surface area contributed by atoms with Gasteiger partial charge in [0.1, 0.15) is 11.9 Å². The maximum atomic E-state index is 12.0. The van der Waals surface area contributed by atoms with Crippen molar-refractivity contribution < 1.29 is 4.79 Å². The van der Waals surface area contributed by atoms with E-state index in [0.717, 1.165) is 12.1 Å². The molecule has 86 valence electrons. The molecule has 1 aromatic heterocycles. The van der Waals surface area contributed by atoms with Crippen molar-refractivity contribution in [1.82, 2.24) is 10.2 Å². The average Bonchev–Trinajstić information content (AvgIpc) is 2.96. The smallest absolute Gasteiger partial charge is 0.248 e. The van der Waals surface area contributed by atoms with Gasteiger partial charge in [0.15, 0.2) is 0 Å². The molecule has 3 N–H and O–H groups in total. The zero-order valence-electron chi connectivity index (χ0n) is 9.10. The molecule has 0 radical (unpaired) electrons. The first-order valence-electron chi connectivity index (χ1n) is 5.47. The number of hydrogen-bond donors (Lipinski definition) is 3. The van der Waals surface area contributed by atoms with E-state index in [1.165, 1.54) is 5.56 Å². The van der Waals surface area contributed by atoms with Crippen LogP contribution in [0, 0.1) is 0 Å². The van der Waals surface area contributed by atoms with E-state index in [0.29, 0.717) is 5.82 Å². The monoisotopic (exact) mass is 228 g/mol. The van der Waals surface area contributed by atoms with E-state index in [9.17, 15) is 4.79 Å². The Morgan fingerprint density at radius 2 is 2.24 bits per heavy atom. The van der Waals surface area contributed by atoms with Crippen LogP contribution in [-0.4, -0.2) is 22.1 Å². The third kappa shape index (κ3) is 1.87. The number of benzene rings is 1. The molecule has 1 amide bonds. The van der Waals surface area contributed by atoms with E-state index >= 15 is 0 Å². The van der Waals surface area contributed by atoms with E-state index in [1.54, 1.807) is 12.3 Å². The van der Waals surface area contributed by atoms with Gasteiger partial charge >= 0.3 is 0 Å². The van der Waals surface area contributed by atoms with E-state index in [2.05, 4.69) is 20.8 Å². The largest absolute Gasteiger partial charge is 0.373 e. The van der Waals surface area contributed by atoms with Crippen molar-refractivity contribution in [2.24, 2.45) is 0 Å². The normalized spacial score (nSPS) is 17.3. The van der Waals surface area contributed by atoms with Gasteiger partial charge < -0.3 is 10.6 Å². The van der Waals surface area contributed by atoms with Gasteiger partial charge in [-0.25, -0.2) is 0 Å². The van der Waals surface area contributed by atoms with Crippen LogP contribution in [0.25, 0.3) is 0 Å². The Kier molecular flexibility index (Phi) is 2.29. The fourth-order valence-electron chi connectivity index (χ4n) is 2.00. The quantitative estimate of drug-likeness (QED) is 0.727. The minimum Gasteiger partial charge on any atom is -0.373 e. The summed E-state index contributed by atoms with van der Waals surface area (Å²) >= 11 is 0. The van der Waals surface area contributed by atoms with Gasteiger partial charge in [-0.3, -0.25) is 9.89 Å². The highest BCUT2D eigenvalue weighted by Crippen LogP contribution is 2.25. The standard InChI is InChI=1S/C12H12N4O/c17-12(15-11-5-6-13-16-11)10-7-8-3-1-2-4-9(8)14-10/h1-6,10,14H,7H2,(H2,13,15,16,17)/t10-/m0/s1. The zero-order valence-corrected chi connectivity index (χ0v) is 9.10. The van der Waals surface area contributed by atoms with Gasteiger partial charge in [-0.15, -0.1) is 0 Å². The molecule has 2 aromatic rings. The maximum absolute atomic E-state index is 12.0. The zero-order chi connectivity index (χ0) is 11.7. The minimum absolute atomic E-state index is 0.0505. The fourth-order valence-corrected chi connectivity index (χ4v) is 2.00. The number of nitrogens with one attached hydrogen (secondary N) is 3. The number of carbonyl (C=O) groups is 1. The molecule has 1 aromatic carbocycles. The Labute approximate surface area is 98.2 Å². The maximum Gasteiger partial charge on any atom is 0.248 e. The lowest BCUT2D eigenvalue weighted by molar-refractivity contribution is -0.116. The van der Waals surface area contributed by atoms with Gasteiger partial charge in [-0.2, -0.15) is 5.10 Å². The van der Waals surface area contributed by atoms with Crippen LogP contribution in [0.3, 0.4) is 0 Å². The molecule has 0 unspecified atom stereocenters. The minimum atomic E-state index is -0.212. The molecule has 1 aliphatic rings. The second kappa shape index (κ2) is 3.93. The molecule has 2 heterocycles. The molecule has 0 saturated heterocycles. The van der Waals surface area contributed by atoms with Gasteiger partial charge in [-0.1, -0.05) is 18.2 Å². The Morgan fingerprint density at radius 3 is 3.00 bits per heavy atom. The summed E-state index contributed by atoms with van der Waals surface area (Å²) in [5.74, 6) is 0.568. The topological polar surface area (TPSA) is 69.8 Å². The summed E-state index contributed by atoms with van der Waals surface area (Å²) in [5, 5.41) is 12.5. The van der Waals surface area contributed by atoms with Crippen LogP contribution in [0.15, 0.2) is 36.5 Å². The molecule has 1 atom stereocenters. The number of anilines is 2. The van der Waals surface area contributed by atoms with Crippen LogP contribution in [0.4, 0.5) is 11.5 Å². The number of aromatic nitrogens is 2. The number of fused-ring (bicyclic) bond motifs is 1. The molecule has 17 heavy (non-hydrogen) atoms. The van der Waals surface area contributed by atoms with Crippen LogP contribution in [0.1, 0.15) is 5.56 Å². The lowest BCUT2D eigenvalue weighted by atomic mass is 10.1. The van der Waals surface area contributed by atoms with Crippen LogP contribution < -0.4 is 10.6 Å². The van der Waals surface area contributed by atoms with Crippen molar-refractivity contribution in [2.75, 3.05) is 10.6 Å². The summed E-state index contributed by atoms with van der Waals surface area (Å²) in [4.78, 5) is 12.0. The van der Waals surface area contributed by atoms with Gasteiger partial charge in [0.2, 0.25) is 5.91 Å². The molecule has 3 rings (SSSR count). The van der Waals surface area contributed by atoms with Gasteiger partial charge in [0.05, 0.1) is 6.20 Å². The first kappa shape index (κ1) is 9.89. The highest BCUT2D eigenvalue weighted by Gasteiger charge is 2.26. The van der Waals surface area contributed by atoms with Crippen molar-refractivity contribution in [3.63, 3.8) is 0 Å². The second-order valence-electron chi connectivity index (χ2n) is 4.02. The predicted octanol–water partition coefficient (Wildman–Crippen LogP) is 1.38. The molecule has 5 heteroatoms. The second-order valence-corrected chi connectivity index (χ2v) is 4.02. The number of hydrogen-bond acceptors (Lipinski definition) is 3. The fraction of sp³-hybridized carbons (Fsp3) is 0.167. The Hall–Kier alpha value is -2.30. The molecule has 0 fully saturated rings. The summed E-state index contributed by atoms with van der Waals surface area (Å²) in [6.07, 6.45) is 2.32. The third-order valence-corrected chi connectivity index (χ3v) is 2.85. The van der Waals surface area contributed by atoms with Crippen LogP contribution in [-0.2, 0) is 11.2 Å². The highest BCUT2D eigenvalue weighted by atomic mass is 16.2. The van der Waals surface area contributed by atoms with E-state index in [-0.39, 0.29) is 11.9 Å². The SMILES string of the molecule is O=C(Nc1ccn[nH]1)[C@@H]1Cc2ccccc2N1. The first-order valence-corrected chi connectivity index (χ1v) is 5.47. The molecular formula is C12H12N4O. The van der Waals surface area contributed by atoms with Gasteiger partial charge in [0.25, 0.3) is 0 Å². The summed E-state index contributed by atoms with van der Waals surface area (Å²) in [6, 6.07) is 9.47. The molecule has 5 nitrogen and oxygen atoms in total. The number of para-hydroxylation sites is 1. The van der Waals surface area contributed by atoms with E-state index in [4.69, 9.17) is 0 Å². The number of H-pyrrole nitrogens is 1. The summed E-state index contributed by atoms with van der Waals surface area (Å²) in [7, 11) is 0. The number of aromatic amines is 1. The van der Waals surface area contributed by atoms with Crippen molar-refractivity contribution in [2.45, 2.75) is 12.5 Å². The highest BCUT2D eigenvalue weighted by molar-refractivity contribution is 5.97. The molecule has 0 saturated carbocycles. The first-order chi connectivity index (χ1) is 8.33. The summed E-state index contributed by atoms with van der Waals surface area (Å²) in [5.41, 5.74) is 2.22. The number of nitrogens with zero attached hydrogens (tertiary/aromatic N) is 1. The molecule has 0 aliphatic carbocycles.